The first-order valence-electron chi connectivity index (χ1n) is 7.01. The van der Waals surface area contributed by atoms with E-state index in [0.29, 0.717) is 0 Å². The summed E-state index contributed by atoms with van der Waals surface area (Å²) in [5.74, 6) is -0.442. The van der Waals surface area contributed by atoms with Crippen LogP contribution in [0.3, 0.4) is 0 Å². The van der Waals surface area contributed by atoms with E-state index in [9.17, 15) is 12.8 Å². The molecule has 1 fully saturated rings. The maximum Gasteiger partial charge on any atom is 0.178 e. The van der Waals surface area contributed by atoms with E-state index in [4.69, 9.17) is 5.73 Å². The predicted molar refractivity (Wildman–Crippen MR) is 77.9 cm³/mol. The fourth-order valence-corrected chi connectivity index (χ4v) is 4.32. The molecule has 0 bridgehead atoms. The maximum atomic E-state index is 14.0. The molecule has 5 heteroatoms. The summed E-state index contributed by atoms with van der Waals surface area (Å²) in [5.41, 5.74) is 7.03. The van der Waals surface area contributed by atoms with Crippen LogP contribution in [0.5, 0.6) is 0 Å². The molecule has 2 atom stereocenters. The van der Waals surface area contributed by atoms with Gasteiger partial charge in [0.2, 0.25) is 0 Å². The summed E-state index contributed by atoms with van der Waals surface area (Å²) in [4.78, 5) is -0.233. The Morgan fingerprint density at radius 1 is 1.35 bits per heavy atom. The number of nitrogens with two attached hydrogens (primary N) is 1. The second kappa shape index (κ2) is 5.11. The molecule has 0 amide bonds. The minimum Gasteiger partial charge on any atom is -0.327 e. The number of hydrogen-bond donors (Lipinski definition) is 1. The standard InChI is InChI=1S/C15H22FNO2S/c1-4-15(5-2)11(9-14(15)17)10-6-7-13(12(16)8-10)20(3,18)19/h6-8,11,14H,4-5,9,17H2,1-3H3. The van der Waals surface area contributed by atoms with E-state index in [0.717, 1.165) is 31.1 Å². The smallest absolute Gasteiger partial charge is 0.178 e. The fourth-order valence-electron chi connectivity index (χ4n) is 3.59. The molecule has 3 nitrogen and oxygen atoms in total. The molecule has 0 heterocycles. The highest BCUT2D eigenvalue weighted by Gasteiger charge is 2.51. The van der Waals surface area contributed by atoms with Gasteiger partial charge in [0, 0.05) is 12.3 Å². The van der Waals surface area contributed by atoms with Crippen molar-refractivity contribution in [2.75, 3.05) is 6.26 Å². The summed E-state index contributed by atoms with van der Waals surface area (Å²) in [6.45, 7) is 4.22. The zero-order valence-corrected chi connectivity index (χ0v) is 13.0. The van der Waals surface area contributed by atoms with Gasteiger partial charge in [0.05, 0.1) is 0 Å². The van der Waals surface area contributed by atoms with E-state index in [1.54, 1.807) is 6.07 Å². The first-order chi connectivity index (χ1) is 9.26. The number of halogens is 1. The van der Waals surface area contributed by atoms with Crippen molar-refractivity contribution in [3.63, 3.8) is 0 Å². The summed E-state index contributed by atoms with van der Waals surface area (Å²) < 4.78 is 36.9. The largest absolute Gasteiger partial charge is 0.327 e. The van der Waals surface area contributed by atoms with Gasteiger partial charge in [0.15, 0.2) is 9.84 Å². The van der Waals surface area contributed by atoms with Crippen LogP contribution in [0.2, 0.25) is 0 Å². The molecular weight excluding hydrogens is 277 g/mol. The molecule has 0 aromatic heterocycles. The molecule has 0 saturated heterocycles. The Morgan fingerprint density at radius 2 is 1.95 bits per heavy atom. The Morgan fingerprint density at radius 3 is 2.35 bits per heavy atom. The number of rotatable bonds is 4. The number of hydrogen-bond acceptors (Lipinski definition) is 3. The van der Waals surface area contributed by atoms with E-state index in [-0.39, 0.29) is 22.3 Å². The molecule has 112 valence electrons. The van der Waals surface area contributed by atoms with Gasteiger partial charge in [-0.15, -0.1) is 0 Å². The Hall–Kier alpha value is -0.940. The van der Waals surface area contributed by atoms with Crippen molar-refractivity contribution in [3.8, 4) is 0 Å². The quantitative estimate of drug-likeness (QED) is 0.930. The van der Waals surface area contributed by atoms with Crippen molar-refractivity contribution in [1.82, 2.24) is 0 Å². The molecule has 2 rings (SSSR count). The molecule has 2 N–H and O–H groups in total. The van der Waals surface area contributed by atoms with Gasteiger partial charge < -0.3 is 5.73 Å². The summed E-state index contributed by atoms with van der Waals surface area (Å²) in [6, 6.07) is 4.61. The summed E-state index contributed by atoms with van der Waals surface area (Å²) in [7, 11) is -3.51. The normalized spacial score (nSPS) is 25.2. The Balaban J connectivity index is 2.39. The van der Waals surface area contributed by atoms with Gasteiger partial charge in [-0.25, -0.2) is 12.8 Å². The summed E-state index contributed by atoms with van der Waals surface area (Å²) in [6.07, 6.45) is 3.75. The molecule has 1 aliphatic rings. The summed E-state index contributed by atoms with van der Waals surface area (Å²) in [5, 5.41) is 0. The van der Waals surface area contributed by atoms with E-state index < -0.39 is 15.7 Å². The predicted octanol–water partition coefficient (Wildman–Crippen LogP) is 2.85. The molecule has 1 aromatic rings. The molecule has 1 aromatic carbocycles. The third-order valence-corrected chi connectivity index (χ3v) is 6.13. The highest BCUT2D eigenvalue weighted by Crippen LogP contribution is 2.56. The second-order valence-electron chi connectivity index (χ2n) is 5.80. The molecule has 0 aliphatic heterocycles. The molecular formula is C15H22FNO2S. The topological polar surface area (TPSA) is 60.2 Å². The summed E-state index contributed by atoms with van der Waals surface area (Å²) >= 11 is 0. The second-order valence-corrected chi connectivity index (χ2v) is 7.78. The molecule has 20 heavy (non-hydrogen) atoms. The first-order valence-corrected chi connectivity index (χ1v) is 8.90. The van der Waals surface area contributed by atoms with Crippen molar-refractivity contribution in [1.29, 1.82) is 0 Å². The monoisotopic (exact) mass is 299 g/mol. The van der Waals surface area contributed by atoms with E-state index in [2.05, 4.69) is 13.8 Å². The Kier molecular flexibility index (Phi) is 3.95. The lowest BCUT2D eigenvalue weighted by Crippen LogP contribution is -2.55. The Bertz CT molecular complexity index is 608. The minimum absolute atomic E-state index is 0.0129. The van der Waals surface area contributed by atoms with Gasteiger partial charge in [-0.2, -0.15) is 0 Å². The number of sulfone groups is 1. The van der Waals surface area contributed by atoms with E-state index in [1.807, 2.05) is 0 Å². The SMILES string of the molecule is CCC1(CC)C(N)CC1c1ccc(S(C)(=O)=O)c(F)c1. The van der Waals surface area contributed by atoms with Crippen LogP contribution >= 0.6 is 0 Å². The first kappa shape index (κ1) is 15.4. The van der Waals surface area contributed by atoms with E-state index >= 15 is 0 Å². The molecule has 1 aliphatic carbocycles. The van der Waals surface area contributed by atoms with Crippen molar-refractivity contribution in [2.45, 2.75) is 50.0 Å². The van der Waals surface area contributed by atoms with Crippen molar-refractivity contribution in [3.05, 3.63) is 29.6 Å². The third kappa shape index (κ3) is 2.27. The van der Waals surface area contributed by atoms with Gasteiger partial charge in [0.25, 0.3) is 0 Å². The van der Waals surface area contributed by atoms with Gasteiger partial charge >= 0.3 is 0 Å². The van der Waals surface area contributed by atoms with Crippen LogP contribution in [0.4, 0.5) is 4.39 Å². The maximum absolute atomic E-state index is 14.0. The highest BCUT2D eigenvalue weighted by molar-refractivity contribution is 7.90. The van der Waals surface area contributed by atoms with Crippen LogP contribution < -0.4 is 5.73 Å². The van der Waals surface area contributed by atoms with Gasteiger partial charge in [-0.1, -0.05) is 19.9 Å². The zero-order valence-electron chi connectivity index (χ0n) is 12.2. The van der Waals surface area contributed by atoms with Crippen LogP contribution in [0.25, 0.3) is 0 Å². The van der Waals surface area contributed by atoms with Gasteiger partial charge in [0.1, 0.15) is 10.7 Å². The van der Waals surface area contributed by atoms with Gasteiger partial charge in [-0.05, 0) is 48.3 Å². The van der Waals surface area contributed by atoms with Gasteiger partial charge in [-0.3, -0.25) is 0 Å². The molecule has 0 spiro atoms. The zero-order chi connectivity index (χ0) is 15.1. The van der Waals surface area contributed by atoms with Crippen LogP contribution in [0.15, 0.2) is 23.1 Å². The molecule has 0 radical (unpaired) electrons. The van der Waals surface area contributed by atoms with E-state index in [1.165, 1.54) is 12.1 Å². The minimum atomic E-state index is -3.51. The average molecular weight is 299 g/mol. The van der Waals surface area contributed by atoms with Crippen LogP contribution in [0, 0.1) is 11.2 Å². The lowest BCUT2D eigenvalue weighted by Gasteiger charge is -2.55. The van der Waals surface area contributed by atoms with Crippen molar-refractivity contribution < 1.29 is 12.8 Å². The van der Waals surface area contributed by atoms with Crippen LogP contribution in [-0.2, 0) is 9.84 Å². The highest BCUT2D eigenvalue weighted by atomic mass is 32.2. The Labute approximate surface area is 120 Å². The van der Waals surface area contributed by atoms with Crippen LogP contribution in [0.1, 0.15) is 44.6 Å². The lowest BCUT2D eigenvalue weighted by atomic mass is 9.52. The molecule has 1 saturated carbocycles. The average Bonchev–Trinajstić information content (AvgIpc) is 2.36. The van der Waals surface area contributed by atoms with Crippen molar-refractivity contribution >= 4 is 9.84 Å². The molecule has 2 unspecified atom stereocenters. The third-order valence-electron chi connectivity index (χ3n) is 5.00. The number of benzene rings is 1. The fraction of sp³-hybridized carbons (Fsp3) is 0.600. The van der Waals surface area contributed by atoms with Crippen LogP contribution in [-0.4, -0.2) is 20.7 Å². The lowest BCUT2D eigenvalue weighted by molar-refractivity contribution is 0.0436. The van der Waals surface area contributed by atoms with Crippen molar-refractivity contribution in [2.24, 2.45) is 11.1 Å².